The van der Waals surface area contributed by atoms with Gasteiger partial charge in [0.15, 0.2) is 5.69 Å². The standard InChI is InChI=1S/C15H17NO2S/c1-4-6-11-16-13(15(17)18)14(19-11)12-9(2)7-5-8-10(12)3/h5,7-8H,4,6H2,1-3H3,(H,17,18). The molecule has 0 radical (unpaired) electrons. The summed E-state index contributed by atoms with van der Waals surface area (Å²) in [5, 5.41) is 10.2. The fourth-order valence-corrected chi connectivity index (χ4v) is 3.50. The molecule has 19 heavy (non-hydrogen) atoms. The Morgan fingerprint density at radius 1 is 1.32 bits per heavy atom. The number of nitrogens with zero attached hydrogens (tertiary/aromatic N) is 1. The Morgan fingerprint density at radius 2 is 1.95 bits per heavy atom. The van der Waals surface area contributed by atoms with Gasteiger partial charge in [-0.1, -0.05) is 25.1 Å². The molecule has 0 amide bonds. The van der Waals surface area contributed by atoms with E-state index in [0.29, 0.717) is 0 Å². The lowest BCUT2D eigenvalue weighted by atomic mass is 10.0. The fraction of sp³-hybridized carbons (Fsp3) is 0.333. The highest BCUT2D eigenvalue weighted by Gasteiger charge is 2.20. The van der Waals surface area contributed by atoms with Crippen LogP contribution in [0.5, 0.6) is 0 Å². The van der Waals surface area contributed by atoms with E-state index in [0.717, 1.165) is 39.4 Å². The van der Waals surface area contributed by atoms with Gasteiger partial charge >= 0.3 is 5.97 Å². The van der Waals surface area contributed by atoms with Gasteiger partial charge in [0.05, 0.1) is 9.88 Å². The molecule has 1 heterocycles. The monoisotopic (exact) mass is 275 g/mol. The van der Waals surface area contributed by atoms with Crippen LogP contribution in [0.3, 0.4) is 0 Å². The number of aromatic carboxylic acids is 1. The predicted molar refractivity (Wildman–Crippen MR) is 78.0 cm³/mol. The van der Waals surface area contributed by atoms with E-state index >= 15 is 0 Å². The van der Waals surface area contributed by atoms with E-state index in [4.69, 9.17) is 0 Å². The van der Waals surface area contributed by atoms with Crippen molar-refractivity contribution < 1.29 is 9.90 Å². The molecule has 0 unspecified atom stereocenters. The van der Waals surface area contributed by atoms with Crippen LogP contribution in [0.25, 0.3) is 10.4 Å². The number of hydrogen-bond donors (Lipinski definition) is 1. The number of carboxylic acid groups (broad SMARTS) is 1. The van der Waals surface area contributed by atoms with Crippen LogP contribution >= 0.6 is 11.3 Å². The average molecular weight is 275 g/mol. The SMILES string of the molecule is CCCc1nc(C(=O)O)c(-c2c(C)cccc2C)s1. The summed E-state index contributed by atoms with van der Waals surface area (Å²) >= 11 is 1.50. The molecule has 3 nitrogen and oxygen atoms in total. The van der Waals surface area contributed by atoms with E-state index in [2.05, 4.69) is 11.9 Å². The zero-order valence-corrected chi connectivity index (χ0v) is 12.2. The minimum Gasteiger partial charge on any atom is -0.476 e. The lowest BCUT2D eigenvalue weighted by molar-refractivity contribution is 0.0692. The third kappa shape index (κ3) is 2.68. The third-order valence-electron chi connectivity index (χ3n) is 3.05. The summed E-state index contributed by atoms with van der Waals surface area (Å²) in [6, 6.07) is 6.00. The molecule has 0 fully saturated rings. The predicted octanol–water partition coefficient (Wildman–Crippen LogP) is 4.08. The van der Waals surface area contributed by atoms with E-state index in [1.165, 1.54) is 11.3 Å². The molecular weight excluding hydrogens is 258 g/mol. The highest BCUT2D eigenvalue weighted by molar-refractivity contribution is 7.15. The molecule has 1 N–H and O–H groups in total. The Kier molecular flexibility index (Phi) is 4.00. The van der Waals surface area contributed by atoms with Gasteiger partial charge in [0, 0.05) is 5.56 Å². The molecule has 4 heteroatoms. The molecule has 1 aromatic carbocycles. The van der Waals surface area contributed by atoms with Gasteiger partial charge in [-0.05, 0) is 37.8 Å². The Hall–Kier alpha value is -1.68. The number of benzene rings is 1. The van der Waals surface area contributed by atoms with Crippen LogP contribution in [0.4, 0.5) is 0 Å². The van der Waals surface area contributed by atoms with E-state index in [-0.39, 0.29) is 5.69 Å². The van der Waals surface area contributed by atoms with Crippen molar-refractivity contribution in [2.24, 2.45) is 0 Å². The molecule has 0 aliphatic heterocycles. The van der Waals surface area contributed by atoms with Crippen molar-refractivity contribution in [3.05, 3.63) is 40.0 Å². The number of hydrogen-bond acceptors (Lipinski definition) is 3. The van der Waals surface area contributed by atoms with Crippen molar-refractivity contribution in [3.63, 3.8) is 0 Å². The quantitative estimate of drug-likeness (QED) is 0.914. The maximum absolute atomic E-state index is 11.4. The highest BCUT2D eigenvalue weighted by atomic mass is 32.1. The minimum absolute atomic E-state index is 0.186. The van der Waals surface area contributed by atoms with Crippen LogP contribution in [-0.2, 0) is 6.42 Å². The summed E-state index contributed by atoms with van der Waals surface area (Å²) in [5.41, 5.74) is 3.38. The summed E-state index contributed by atoms with van der Waals surface area (Å²) in [6.45, 7) is 6.08. The molecular formula is C15H17NO2S. The topological polar surface area (TPSA) is 50.2 Å². The number of thiazole rings is 1. The molecule has 0 bridgehead atoms. The minimum atomic E-state index is -0.948. The summed E-state index contributed by atoms with van der Waals surface area (Å²) < 4.78 is 0. The molecule has 2 rings (SSSR count). The van der Waals surface area contributed by atoms with Crippen LogP contribution in [0.1, 0.15) is 40.0 Å². The van der Waals surface area contributed by atoms with Crippen molar-refractivity contribution in [2.45, 2.75) is 33.6 Å². The number of carboxylic acids is 1. The smallest absolute Gasteiger partial charge is 0.356 e. The highest BCUT2D eigenvalue weighted by Crippen LogP contribution is 2.35. The van der Waals surface area contributed by atoms with Gasteiger partial charge in [0.25, 0.3) is 0 Å². The zero-order valence-electron chi connectivity index (χ0n) is 11.4. The van der Waals surface area contributed by atoms with Crippen molar-refractivity contribution in [1.82, 2.24) is 4.98 Å². The van der Waals surface area contributed by atoms with E-state index in [1.807, 2.05) is 32.0 Å². The average Bonchev–Trinajstić information content (AvgIpc) is 2.73. The zero-order chi connectivity index (χ0) is 14.0. The number of rotatable bonds is 4. The van der Waals surface area contributed by atoms with Gasteiger partial charge < -0.3 is 5.11 Å². The Morgan fingerprint density at radius 3 is 2.47 bits per heavy atom. The summed E-state index contributed by atoms with van der Waals surface area (Å²) in [6.07, 6.45) is 1.80. The fourth-order valence-electron chi connectivity index (χ4n) is 2.17. The second-order valence-electron chi connectivity index (χ2n) is 4.61. The van der Waals surface area contributed by atoms with Crippen molar-refractivity contribution >= 4 is 17.3 Å². The van der Waals surface area contributed by atoms with Crippen LogP contribution in [0.2, 0.25) is 0 Å². The molecule has 0 aliphatic rings. The molecule has 2 aromatic rings. The van der Waals surface area contributed by atoms with Gasteiger partial charge in [-0.3, -0.25) is 0 Å². The second-order valence-corrected chi connectivity index (χ2v) is 5.69. The number of carbonyl (C=O) groups is 1. The molecule has 0 saturated heterocycles. The Bertz CT molecular complexity index is 596. The Balaban J connectivity index is 2.63. The third-order valence-corrected chi connectivity index (χ3v) is 4.18. The maximum atomic E-state index is 11.4. The van der Waals surface area contributed by atoms with E-state index in [1.54, 1.807) is 0 Å². The van der Waals surface area contributed by atoms with Crippen LogP contribution < -0.4 is 0 Å². The van der Waals surface area contributed by atoms with Crippen molar-refractivity contribution in [2.75, 3.05) is 0 Å². The largest absolute Gasteiger partial charge is 0.476 e. The first kappa shape index (κ1) is 13.7. The first-order chi connectivity index (χ1) is 9.04. The molecule has 1 aromatic heterocycles. The van der Waals surface area contributed by atoms with Gasteiger partial charge in [0.2, 0.25) is 0 Å². The van der Waals surface area contributed by atoms with Gasteiger partial charge in [-0.25, -0.2) is 9.78 Å². The first-order valence-corrected chi connectivity index (χ1v) is 7.15. The van der Waals surface area contributed by atoms with Crippen LogP contribution in [0, 0.1) is 13.8 Å². The van der Waals surface area contributed by atoms with Gasteiger partial charge in [0.1, 0.15) is 0 Å². The molecule has 0 saturated carbocycles. The molecule has 0 spiro atoms. The number of aryl methyl sites for hydroxylation is 3. The summed E-state index contributed by atoms with van der Waals surface area (Å²) in [4.78, 5) is 16.4. The maximum Gasteiger partial charge on any atom is 0.356 e. The van der Waals surface area contributed by atoms with E-state index < -0.39 is 5.97 Å². The van der Waals surface area contributed by atoms with Gasteiger partial charge in [-0.2, -0.15) is 0 Å². The molecule has 0 atom stereocenters. The molecule has 100 valence electrons. The lowest BCUT2D eigenvalue weighted by Gasteiger charge is -2.07. The van der Waals surface area contributed by atoms with Gasteiger partial charge in [-0.15, -0.1) is 11.3 Å². The lowest BCUT2D eigenvalue weighted by Crippen LogP contribution is -2.00. The number of aromatic nitrogens is 1. The van der Waals surface area contributed by atoms with Crippen molar-refractivity contribution in [1.29, 1.82) is 0 Å². The molecule has 0 aliphatic carbocycles. The first-order valence-electron chi connectivity index (χ1n) is 6.34. The second kappa shape index (κ2) is 5.53. The normalized spacial score (nSPS) is 10.7. The van der Waals surface area contributed by atoms with E-state index in [9.17, 15) is 9.90 Å². The Labute approximate surface area is 116 Å². The van der Waals surface area contributed by atoms with Crippen LogP contribution in [0.15, 0.2) is 18.2 Å². The van der Waals surface area contributed by atoms with Crippen LogP contribution in [-0.4, -0.2) is 16.1 Å². The van der Waals surface area contributed by atoms with Crippen molar-refractivity contribution in [3.8, 4) is 10.4 Å². The summed E-state index contributed by atoms with van der Waals surface area (Å²) in [7, 11) is 0. The summed E-state index contributed by atoms with van der Waals surface area (Å²) in [5.74, 6) is -0.948.